The van der Waals surface area contributed by atoms with Gasteiger partial charge in [-0.1, -0.05) is 26.2 Å². The maximum absolute atomic E-state index is 5.40. The Morgan fingerprint density at radius 1 is 1.08 bits per heavy atom. The zero-order valence-electron chi connectivity index (χ0n) is 8.92. The highest BCUT2D eigenvalue weighted by atomic mass is 16.5. The van der Waals surface area contributed by atoms with E-state index in [-0.39, 0.29) is 6.23 Å². The molecule has 0 rings (SSSR count). The summed E-state index contributed by atoms with van der Waals surface area (Å²) in [4.78, 5) is 0. The number of ether oxygens (including phenoxy) is 2. The third-order valence-electron chi connectivity index (χ3n) is 1.75. The summed E-state index contributed by atoms with van der Waals surface area (Å²) in [5.74, 6) is 0. The second-order valence-corrected chi connectivity index (χ2v) is 3.25. The van der Waals surface area contributed by atoms with Crippen molar-refractivity contribution >= 4 is 0 Å². The van der Waals surface area contributed by atoms with Crippen LogP contribution in [0, 0.1) is 0 Å². The van der Waals surface area contributed by atoms with E-state index in [1.807, 2.05) is 6.92 Å². The molecule has 3 heteroatoms. The molecule has 0 aliphatic carbocycles. The summed E-state index contributed by atoms with van der Waals surface area (Å²) >= 11 is 0. The molecule has 0 spiro atoms. The van der Waals surface area contributed by atoms with Crippen molar-refractivity contribution in [2.24, 2.45) is 5.73 Å². The molecule has 0 fully saturated rings. The van der Waals surface area contributed by atoms with Crippen molar-refractivity contribution in [2.75, 3.05) is 19.8 Å². The molecule has 1 atom stereocenters. The molecule has 0 heterocycles. The van der Waals surface area contributed by atoms with Gasteiger partial charge in [-0.25, -0.2) is 0 Å². The van der Waals surface area contributed by atoms with E-state index in [2.05, 4.69) is 6.92 Å². The monoisotopic (exact) mass is 189 g/mol. The number of hydrogen-bond acceptors (Lipinski definition) is 3. The zero-order chi connectivity index (χ0) is 9.94. The second kappa shape index (κ2) is 9.96. The van der Waals surface area contributed by atoms with Crippen molar-refractivity contribution < 1.29 is 9.47 Å². The van der Waals surface area contributed by atoms with Crippen LogP contribution in [0.3, 0.4) is 0 Å². The van der Waals surface area contributed by atoms with E-state index >= 15 is 0 Å². The zero-order valence-corrected chi connectivity index (χ0v) is 8.92. The van der Waals surface area contributed by atoms with E-state index < -0.39 is 0 Å². The Bertz CT molecular complexity index is 96.9. The van der Waals surface area contributed by atoms with Crippen LogP contribution < -0.4 is 5.73 Å². The minimum absolute atomic E-state index is 0.177. The van der Waals surface area contributed by atoms with Gasteiger partial charge in [0.1, 0.15) is 6.23 Å². The van der Waals surface area contributed by atoms with Gasteiger partial charge in [-0.2, -0.15) is 0 Å². The maximum atomic E-state index is 5.40. The lowest BCUT2D eigenvalue weighted by Crippen LogP contribution is -2.21. The van der Waals surface area contributed by atoms with E-state index in [9.17, 15) is 0 Å². The van der Waals surface area contributed by atoms with Crippen LogP contribution in [0.4, 0.5) is 0 Å². The molecule has 0 aromatic heterocycles. The summed E-state index contributed by atoms with van der Waals surface area (Å²) in [6.07, 6.45) is 4.83. The molecule has 0 amide bonds. The van der Waals surface area contributed by atoms with Crippen molar-refractivity contribution in [3.8, 4) is 0 Å². The predicted molar refractivity (Wildman–Crippen MR) is 54.6 cm³/mol. The lowest BCUT2D eigenvalue weighted by Gasteiger charge is -2.07. The third-order valence-corrected chi connectivity index (χ3v) is 1.75. The Hall–Kier alpha value is -0.120. The van der Waals surface area contributed by atoms with E-state index in [1.165, 1.54) is 19.3 Å². The molecule has 0 saturated heterocycles. The minimum Gasteiger partial charge on any atom is -0.379 e. The summed E-state index contributed by atoms with van der Waals surface area (Å²) < 4.78 is 10.5. The number of rotatable bonds is 9. The molecule has 0 radical (unpaired) electrons. The summed E-state index contributed by atoms with van der Waals surface area (Å²) in [5, 5.41) is 0. The van der Waals surface area contributed by atoms with Gasteiger partial charge in [0, 0.05) is 6.61 Å². The quantitative estimate of drug-likeness (QED) is 0.445. The first-order valence-electron chi connectivity index (χ1n) is 5.22. The molecule has 80 valence electrons. The van der Waals surface area contributed by atoms with Crippen LogP contribution in [0.25, 0.3) is 0 Å². The van der Waals surface area contributed by atoms with E-state index in [1.54, 1.807) is 0 Å². The van der Waals surface area contributed by atoms with Crippen LogP contribution in [0.1, 0.15) is 39.5 Å². The fraction of sp³-hybridized carbons (Fsp3) is 1.00. The Morgan fingerprint density at radius 3 is 2.46 bits per heavy atom. The van der Waals surface area contributed by atoms with Gasteiger partial charge in [0.2, 0.25) is 0 Å². The number of unbranched alkanes of at least 4 members (excludes halogenated alkanes) is 3. The molecular formula is C10H23NO2. The van der Waals surface area contributed by atoms with Gasteiger partial charge < -0.3 is 15.2 Å². The maximum Gasteiger partial charge on any atom is 0.102 e. The Kier molecular flexibility index (Phi) is 9.87. The van der Waals surface area contributed by atoms with Crippen molar-refractivity contribution in [1.29, 1.82) is 0 Å². The molecule has 1 unspecified atom stereocenters. The highest BCUT2D eigenvalue weighted by molar-refractivity contribution is 4.40. The summed E-state index contributed by atoms with van der Waals surface area (Å²) in [7, 11) is 0. The molecule has 0 aliphatic heterocycles. The van der Waals surface area contributed by atoms with Crippen LogP contribution in [0.5, 0.6) is 0 Å². The normalized spacial score (nSPS) is 13.2. The van der Waals surface area contributed by atoms with E-state index in [0.717, 1.165) is 13.0 Å². The average molecular weight is 189 g/mol. The van der Waals surface area contributed by atoms with Gasteiger partial charge in [0.15, 0.2) is 0 Å². The molecule has 0 aliphatic rings. The van der Waals surface area contributed by atoms with Crippen molar-refractivity contribution in [3.05, 3.63) is 0 Å². The first-order chi connectivity index (χ1) is 6.27. The largest absolute Gasteiger partial charge is 0.379 e. The Morgan fingerprint density at radius 2 is 1.85 bits per heavy atom. The SMILES string of the molecule is CCCCCCOCCOC(C)N. The predicted octanol–water partition coefficient (Wildman–Crippen LogP) is 1.90. The third kappa shape index (κ3) is 11.9. The smallest absolute Gasteiger partial charge is 0.102 e. The molecule has 0 aromatic rings. The molecule has 2 N–H and O–H groups in total. The van der Waals surface area contributed by atoms with E-state index in [0.29, 0.717) is 13.2 Å². The first-order valence-corrected chi connectivity index (χ1v) is 5.22. The van der Waals surface area contributed by atoms with E-state index in [4.69, 9.17) is 15.2 Å². The van der Waals surface area contributed by atoms with Crippen molar-refractivity contribution in [1.82, 2.24) is 0 Å². The number of hydrogen-bond donors (Lipinski definition) is 1. The van der Waals surface area contributed by atoms with Crippen molar-refractivity contribution in [3.63, 3.8) is 0 Å². The van der Waals surface area contributed by atoms with Crippen molar-refractivity contribution in [2.45, 2.75) is 45.8 Å². The number of nitrogens with two attached hydrogens (primary N) is 1. The topological polar surface area (TPSA) is 44.5 Å². The molecule has 13 heavy (non-hydrogen) atoms. The molecule has 3 nitrogen and oxygen atoms in total. The highest BCUT2D eigenvalue weighted by Gasteiger charge is 1.93. The molecule has 0 saturated carbocycles. The van der Waals surface area contributed by atoms with Gasteiger partial charge >= 0.3 is 0 Å². The van der Waals surface area contributed by atoms with Crippen LogP contribution in [-0.2, 0) is 9.47 Å². The fourth-order valence-corrected chi connectivity index (χ4v) is 1.03. The lowest BCUT2D eigenvalue weighted by molar-refractivity contribution is 0.0141. The Labute approximate surface area is 81.6 Å². The van der Waals surface area contributed by atoms with Gasteiger partial charge in [-0.05, 0) is 13.3 Å². The fourth-order valence-electron chi connectivity index (χ4n) is 1.03. The lowest BCUT2D eigenvalue weighted by atomic mass is 10.2. The van der Waals surface area contributed by atoms with Crippen LogP contribution in [0.15, 0.2) is 0 Å². The Balaban J connectivity index is 2.84. The van der Waals surface area contributed by atoms with Crippen LogP contribution in [0.2, 0.25) is 0 Å². The van der Waals surface area contributed by atoms with Crippen LogP contribution in [-0.4, -0.2) is 26.0 Å². The average Bonchev–Trinajstić information content (AvgIpc) is 2.09. The minimum atomic E-state index is -0.177. The molecular weight excluding hydrogens is 166 g/mol. The van der Waals surface area contributed by atoms with Gasteiger partial charge in [0.05, 0.1) is 13.2 Å². The van der Waals surface area contributed by atoms with Gasteiger partial charge in [0.25, 0.3) is 0 Å². The summed E-state index contributed by atoms with van der Waals surface area (Å²) in [6.45, 7) is 6.14. The second-order valence-electron chi connectivity index (χ2n) is 3.25. The molecule has 0 bridgehead atoms. The summed E-state index contributed by atoms with van der Waals surface area (Å²) in [6, 6.07) is 0. The summed E-state index contributed by atoms with van der Waals surface area (Å²) in [5.41, 5.74) is 5.40. The standard InChI is InChI=1S/C10H23NO2/c1-3-4-5-6-7-12-8-9-13-10(2)11/h10H,3-9,11H2,1-2H3. The van der Waals surface area contributed by atoms with Crippen LogP contribution >= 0.6 is 0 Å². The first kappa shape index (κ1) is 12.9. The van der Waals surface area contributed by atoms with Gasteiger partial charge in [-0.3, -0.25) is 0 Å². The molecule has 0 aromatic carbocycles. The van der Waals surface area contributed by atoms with Gasteiger partial charge in [-0.15, -0.1) is 0 Å². The highest BCUT2D eigenvalue weighted by Crippen LogP contribution is 1.98.